The van der Waals surface area contributed by atoms with E-state index in [0.717, 1.165) is 0 Å². The van der Waals surface area contributed by atoms with E-state index in [0.29, 0.717) is 0 Å². The first-order valence-electron chi connectivity index (χ1n) is 5.12. The Morgan fingerprint density at radius 3 is 1.46 bits per heavy atom. The van der Waals surface area contributed by atoms with Gasteiger partial charge in [-0.1, -0.05) is 0 Å². The third-order valence-corrected chi connectivity index (χ3v) is 2.47. The molecule has 0 aromatic carbocycles. The molecular weight excluding hydrogens is 218 g/mol. The molecule has 0 rings (SSSR count). The zero-order chi connectivity index (χ0) is 8.36. The van der Waals surface area contributed by atoms with E-state index in [-0.39, 0.29) is 24.8 Å². The van der Waals surface area contributed by atoms with Crippen molar-refractivity contribution in [2.75, 3.05) is 0 Å². The zero-order valence-electron chi connectivity index (χ0n) is 8.70. The quantitative estimate of drug-likeness (QED) is 0.331. The molecule has 0 saturated carbocycles. The van der Waals surface area contributed by atoms with Crippen molar-refractivity contribution < 1.29 is 24.8 Å². The van der Waals surface area contributed by atoms with Crippen LogP contribution < -0.4 is 24.8 Å². The summed E-state index contributed by atoms with van der Waals surface area (Å²) in [6.45, 7) is 2.27. The summed E-state index contributed by atoms with van der Waals surface area (Å²) in [6.07, 6.45) is 11.5. The van der Waals surface area contributed by atoms with Crippen LogP contribution in [-0.2, 0) is 0 Å². The summed E-state index contributed by atoms with van der Waals surface area (Å²) in [5, 5.41) is 1.29. The standard InChI is InChI=1S/C10H21.Al.2ClH/c1-3-5-7-9-10-8-6-4-2;;;/h1,3-10H2,2H3;;2*1H/q;+2;;/p-2. The molecular formula is C10H21AlCl2. The SMILES string of the molecule is CCCCCCCCC[CH2][Al+2].[Cl-].[Cl-]. The molecule has 0 unspecified atom stereocenters. The fraction of sp³-hybridized carbons (Fsp3) is 1.00. The summed E-state index contributed by atoms with van der Waals surface area (Å²) in [4.78, 5) is 0. The van der Waals surface area contributed by atoms with Gasteiger partial charge < -0.3 is 24.8 Å². The van der Waals surface area contributed by atoms with Crippen LogP contribution in [0.2, 0.25) is 5.28 Å². The van der Waals surface area contributed by atoms with Gasteiger partial charge in [-0.05, 0) is 0 Å². The molecule has 78 valence electrons. The molecule has 0 aliphatic rings. The topological polar surface area (TPSA) is 0 Å². The Kier molecular flexibility index (Phi) is 28.4. The van der Waals surface area contributed by atoms with E-state index in [1.807, 2.05) is 0 Å². The minimum atomic E-state index is 0. The maximum Gasteiger partial charge on any atom is -1.00 e. The number of unbranched alkanes of at least 4 members (excludes halogenated alkanes) is 7. The fourth-order valence-corrected chi connectivity index (χ4v) is 1.57. The van der Waals surface area contributed by atoms with Gasteiger partial charge in [-0.3, -0.25) is 0 Å². The van der Waals surface area contributed by atoms with Crippen molar-refractivity contribution in [2.24, 2.45) is 0 Å². The minimum Gasteiger partial charge on any atom is -1.00 e. The van der Waals surface area contributed by atoms with Gasteiger partial charge in [0.25, 0.3) is 0 Å². The first-order chi connectivity index (χ1) is 5.41. The van der Waals surface area contributed by atoms with Crippen LogP contribution in [0, 0.1) is 0 Å². The van der Waals surface area contributed by atoms with Crippen LogP contribution in [-0.4, -0.2) is 16.3 Å². The van der Waals surface area contributed by atoms with Crippen molar-refractivity contribution in [2.45, 2.75) is 63.6 Å². The van der Waals surface area contributed by atoms with Crippen LogP contribution in [0.15, 0.2) is 0 Å². The Labute approximate surface area is 104 Å². The monoisotopic (exact) mass is 238 g/mol. The van der Waals surface area contributed by atoms with E-state index in [4.69, 9.17) is 0 Å². The normalized spacial score (nSPS) is 8.85. The second kappa shape index (κ2) is 18.8. The molecule has 0 aromatic rings. The van der Waals surface area contributed by atoms with Crippen molar-refractivity contribution in [3.63, 3.8) is 0 Å². The largest absolute Gasteiger partial charge is 1.00 e. The molecule has 0 bridgehead atoms. The summed E-state index contributed by atoms with van der Waals surface area (Å²) < 4.78 is 0. The second-order valence-corrected chi connectivity index (χ2v) is 3.84. The summed E-state index contributed by atoms with van der Waals surface area (Å²) in [5.41, 5.74) is 0. The van der Waals surface area contributed by atoms with Crippen molar-refractivity contribution in [3.05, 3.63) is 0 Å². The van der Waals surface area contributed by atoms with Crippen molar-refractivity contribution in [3.8, 4) is 0 Å². The average molecular weight is 239 g/mol. The summed E-state index contributed by atoms with van der Waals surface area (Å²) in [6, 6.07) is 0. The number of hydrogen-bond acceptors (Lipinski definition) is 0. The maximum atomic E-state index is 2.79. The van der Waals surface area contributed by atoms with Crippen LogP contribution in [0.1, 0.15) is 58.3 Å². The Morgan fingerprint density at radius 1 is 0.692 bits per heavy atom. The van der Waals surface area contributed by atoms with Gasteiger partial charge in [0.15, 0.2) is 0 Å². The Balaban J connectivity index is -0.000000500. The molecule has 0 amide bonds. The van der Waals surface area contributed by atoms with Crippen LogP contribution >= 0.6 is 0 Å². The molecule has 0 saturated heterocycles. The Bertz CT molecular complexity index is 61.9. The summed E-state index contributed by atoms with van der Waals surface area (Å²) in [5.74, 6) is 0. The van der Waals surface area contributed by atoms with Crippen LogP contribution in [0.25, 0.3) is 0 Å². The van der Waals surface area contributed by atoms with Gasteiger partial charge in [-0.25, -0.2) is 0 Å². The summed E-state index contributed by atoms with van der Waals surface area (Å²) >= 11 is 2.79. The van der Waals surface area contributed by atoms with E-state index >= 15 is 0 Å². The third kappa shape index (κ3) is 19.5. The molecule has 0 fully saturated rings. The van der Waals surface area contributed by atoms with Crippen LogP contribution in [0.5, 0.6) is 0 Å². The molecule has 3 heteroatoms. The predicted molar refractivity (Wildman–Crippen MR) is 53.2 cm³/mol. The number of halogens is 2. The van der Waals surface area contributed by atoms with E-state index in [9.17, 15) is 0 Å². The van der Waals surface area contributed by atoms with Crippen molar-refractivity contribution in [1.82, 2.24) is 0 Å². The summed E-state index contributed by atoms with van der Waals surface area (Å²) in [7, 11) is 0. The van der Waals surface area contributed by atoms with Gasteiger partial charge in [0, 0.05) is 0 Å². The Hall–Kier alpha value is 1.11. The molecule has 13 heavy (non-hydrogen) atoms. The van der Waals surface area contributed by atoms with Gasteiger partial charge >= 0.3 is 79.9 Å². The van der Waals surface area contributed by atoms with Crippen molar-refractivity contribution >= 4 is 16.3 Å². The number of hydrogen-bond donors (Lipinski definition) is 0. The van der Waals surface area contributed by atoms with Gasteiger partial charge in [0.05, 0.1) is 0 Å². The van der Waals surface area contributed by atoms with E-state index in [1.54, 1.807) is 0 Å². The zero-order valence-corrected chi connectivity index (χ0v) is 11.4. The van der Waals surface area contributed by atoms with E-state index in [2.05, 4.69) is 23.2 Å². The predicted octanol–water partition coefficient (Wildman–Crippen LogP) is -2.28. The van der Waals surface area contributed by atoms with E-state index in [1.165, 1.54) is 56.6 Å². The van der Waals surface area contributed by atoms with E-state index < -0.39 is 0 Å². The van der Waals surface area contributed by atoms with Crippen molar-refractivity contribution in [1.29, 1.82) is 0 Å². The number of rotatable bonds is 8. The molecule has 0 spiro atoms. The molecule has 0 aromatic heterocycles. The Morgan fingerprint density at radius 2 is 1.08 bits per heavy atom. The van der Waals surface area contributed by atoms with Gasteiger partial charge in [-0.2, -0.15) is 0 Å². The molecule has 0 N–H and O–H groups in total. The smallest absolute Gasteiger partial charge is 1.00 e. The second-order valence-electron chi connectivity index (χ2n) is 3.26. The first kappa shape index (κ1) is 19.6. The fourth-order valence-electron chi connectivity index (χ4n) is 1.28. The van der Waals surface area contributed by atoms with Gasteiger partial charge in [-0.15, -0.1) is 0 Å². The minimum absolute atomic E-state index is 0. The third-order valence-electron chi connectivity index (χ3n) is 2.06. The molecule has 0 heterocycles. The van der Waals surface area contributed by atoms with Gasteiger partial charge in [0.2, 0.25) is 0 Å². The molecule has 0 radical (unpaired) electrons. The maximum absolute atomic E-state index is 2.79. The molecule has 0 aliphatic carbocycles. The first-order valence-corrected chi connectivity index (χ1v) is 5.93. The van der Waals surface area contributed by atoms with Crippen LogP contribution in [0.3, 0.4) is 0 Å². The average Bonchev–Trinajstić information content (AvgIpc) is 2.03. The molecule has 0 atom stereocenters. The molecule has 0 aliphatic heterocycles. The van der Waals surface area contributed by atoms with Crippen LogP contribution in [0.4, 0.5) is 0 Å². The molecule has 0 nitrogen and oxygen atoms in total. The van der Waals surface area contributed by atoms with Gasteiger partial charge in [0.1, 0.15) is 0 Å².